The van der Waals surface area contributed by atoms with Crippen molar-refractivity contribution < 1.29 is 4.74 Å². The van der Waals surface area contributed by atoms with Gasteiger partial charge in [0, 0.05) is 5.69 Å². The Kier molecular flexibility index (Phi) is 8.06. The van der Waals surface area contributed by atoms with Gasteiger partial charge in [-0.25, -0.2) is 0 Å². The molecule has 0 amide bonds. The van der Waals surface area contributed by atoms with Gasteiger partial charge >= 0.3 is 0 Å². The number of nitrogen functional groups attached to an aromatic ring is 2. The van der Waals surface area contributed by atoms with Crippen LogP contribution in [0, 0.1) is 57.7 Å². The summed E-state index contributed by atoms with van der Waals surface area (Å²) in [5.41, 5.74) is 16.4. The second kappa shape index (κ2) is 10.8. The molecule has 0 aliphatic heterocycles. The molecule has 0 spiro atoms. The number of fused-ring (bicyclic) bond motifs is 5. The van der Waals surface area contributed by atoms with Crippen molar-refractivity contribution in [1.29, 1.82) is 0 Å². The summed E-state index contributed by atoms with van der Waals surface area (Å²) in [6.45, 7) is 15.4. The van der Waals surface area contributed by atoms with E-state index in [9.17, 15) is 0 Å². The number of methoxy groups -OCH3 is 1. The molecule has 39 heavy (non-hydrogen) atoms. The van der Waals surface area contributed by atoms with E-state index in [2.05, 4.69) is 47.6 Å². The SMILES string of the molecule is COc1c(N)cc(N)cc1CC(C)C(C)(C)CC[C@@H](C)[C@H]1CC[C@H]2[C@@H]3CCC4CCCC[C@]4(C)[C@H]3CC[C@]12C. The Morgan fingerprint density at radius 2 is 1.67 bits per heavy atom. The van der Waals surface area contributed by atoms with Gasteiger partial charge in [-0.05, 0) is 146 Å². The molecule has 0 heterocycles. The third kappa shape index (κ3) is 5.12. The van der Waals surface area contributed by atoms with E-state index in [1.54, 1.807) is 7.11 Å². The molecular weight excluding hydrogens is 476 g/mol. The van der Waals surface area contributed by atoms with Gasteiger partial charge in [0.2, 0.25) is 0 Å². The van der Waals surface area contributed by atoms with E-state index < -0.39 is 0 Å². The van der Waals surface area contributed by atoms with Crippen LogP contribution in [-0.4, -0.2) is 7.11 Å². The fraction of sp³-hybridized carbons (Fsp3) is 0.833. The first-order valence-corrected chi connectivity index (χ1v) is 16.6. The van der Waals surface area contributed by atoms with Crippen LogP contribution in [-0.2, 0) is 6.42 Å². The lowest BCUT2D eigenvalue weighted by Gasteiger charge is -2.61. The molecule has 0 aromatic heterocycles. The highest BCUT2D eigenvalue weighted by Gasteiger charge is 2.60. The topological polar surface area (TPSA) is 61.3 Å². The Labute approximate surface area is 240 Å². The summed E-state index contributed by atoms with van der Waals surface area (Å²) >= 11 is 0. The molecule has 0 saturated heterocycles. The van der Waals surface area contributed by atoms with Crippen LogP contribution >= 0.6 is 0 Å². The number of anilines is 2. The van der Waals surface area contributed by atoms with Crippen LogP contribution in [0.2, 0.25) is 0 Å². The van der Waals surface area contributed by atoms with Gasteiger partial charge in [-0.15, -0.1) is 0 Å². The van der Waals surface area contributed by atoms with E-state index in [-0.39, 0.29) is 5.41 Å². The molecule has 0 radical (unpaired) electrons. The number of nitrogens with two attached hydrogens (primary N) is 2. The molecule has 0 bridgehead atoms. The Balaban J connectivity index is 1.22. The number of hydrogen-bond acceptors (Lipinski definition) is 3. The van der Waals surface area contributed by atoms with Crippen molar-refractivity contribution in [3.63, 3.8) is 0 Å². The van der Waals surface area contributed by atoms with Gasteiger partial charge in [-0.2, -0.15) is 0 Å². The summed E-state index contributed by atoms with van der Waals surface area (Å²) in [6.07, 6.45) is 18.6. The van der Waals surface area contributed by atoms with Gasteiger partial charge in [0.1, 0.15) is 5.75 Å². The molecule has 220 valence electrons. The summed E-state index contributed by atoms with van der Waals surface area (Å²) in [5, 5.41) is 0. The first kappa shape index (κ1) is 29.1. The second-order valence-corrected chi connectivity index (χ2v) is 16.0. The van der Waals surface area contributed by atoms with Crippen molar-refractivity contribution in [3.05, 3.63) is 17.7 Å². The molecule has 3 heteroatoms. The quantitative estimate of drug-likeness (QED) is 0.325. The van der Waals surface area contributed by atoms with E-state index in [0.29, 0.717) is 22.4 Å². The number of benzene rings is 1. The van der Waals surface area contributed by atoms with Crippen molar-refractivity contribution in [2.45, 2.75) is 125 Å². The van der Waals surface area contributed by atoms with Crippen LogP contribution in [0.5, 0.6) is 5.75 Å². The Morgan fingerprint density at radius 1 is 0.923 bits per heavy atom. The van der Waals surface area contributed by atoms with E-state index >= 15 is 0 Å². The predicted octanol–water partition coefficient (Wildman–Crippen LogP) is 9.53. The van der Waals surface area contributed by atoms with Crippen molar-refractivity contribution in [3.8, 4) is 5.75 Å². The zero-order chi connectivity index (χ0) is 28.2. The van der Waals surface area contributed by atoms with Crippen LogP contribution in [0.25, 0.3) is 0 Å². The van der Waals surface area contributed by atoms with Crippen LogP contribution in [0.3, 0.4) is 0 Å². The molecule has 4 aliphatic carbocycles. The van der Waals surface area contributed by atoms with Gasteiger partial charge in [0.25, 0.3) is 0 Å². The van der Waals surface area contributed by atoms with Crippen molar-refractivity contribution in [2.24, 2.45) is 57.7 Å². The maximum Gasteiger partial charge on any atom is 0.145 e. The van der Waals surface area contributed by atoms with Gasteiger partial charge in [-0.3, -0.25) is 0 Å². The summed E-state index contributed by atoms with van der Waals surface area (Å²) in [4.78, 5) is 0. The molecule has 4 saturated carbocycles. The summed E-state index contributed by atoms with van der Waals surface area (Å²) in [6, 6.07) is 3.87. The monoisotopic (exact) mass is 536 g/mol. The Morgan fingerprint density at radius 3 is 2.41 bits per heavy atom. The highest BCUT2D eigenvalue weighted by Crippen LogP contribution is 2.68. The Bertz CT molecular complexity index is 1020. The van der Waals surface area contributed by atoms with Crippen LogP contribution in [0.4, 0.5) is 11.4 Å². The van der Waals surface area contributed by atoms with Gasteiger partial charge < -0.3 is 16.2 Å². The van der Waals surface area contributed by atoms with E-state index in [4.69, 9.17) is 16.2 Å². The highest BCUT2D eigenvalue weighted by atomic mass is 16.5. The van der Waals surface area contributed by atoms with Gasteiger partial charge in [-0.1, -0.05) is 54.4 Å². The first-order valence-electron chi connectivity index (χ1n) is 16.6. The predicted molar refractivity (Wildman–Crippen MR) is 167 cm³/mol. The van der Waals surface area contributed by atoms with E-state index in [1.807, 2.05) is 6.07 Å². The number of hydrogen-bond donors (Lipinski definition) is 2. The fourth-order valence-corrected chi connectivity index (χ4v) is 11.1. The molecule has 4 aliphatic rings. The van der Waals surface area contributed by atoms with Crippen molar-refractivity contribution in [2.75, 3.05) is 18.6 Å². The van der Waals surface area contributed by atoms with E-state index in [1.165, 1.54) is 77.0 Å². The fourth-order valence-electron chi connectivity index (χ4n) is 11.1. The molecule has 1 aromatic rings. The lowest BCUT2D eigenvalue weighted by atomic mass is 9.44. The van der Waals surface area contributed by atoms with Gasteiger partial charge in [0.05, 0.1) is 12.8 Å². The minimum absolute atomic E-state index is 0.253. The van der Waals surface area contributed by atoms with Crippen LogP contribution in [0.15, 0.2) is 12.1 Å². The molecule has 5 rings (SSSR count). The summed E-state index contributed by atoms with van der Waals surface area (Å²) in [5.74, 6) is 7.07. The van der Waals surface area contributed by atoms with E-state index in [0.717, 1.165) is 58.9 Å². The molecule has 9 atom stereocenters. The standard InChI is InChI=1S/C36H60N2O/c1-23(15-18-34(3,4)24(2)20-25-21-27(37)22-32(38)33(25)39-7)29-13-14-30-28-12-11-26-10-8-9-17-35(26,5)31(28)16-19-36(29,30)6/h21-24,26,28-31H,8-20,37-38H2,1-7H3/t23-,24?,26?,28+,29-,30+,31+,35+,36-/m1/s1. The average molecular weight is 537 g/mol. The zero-order valence-electron chi connectivity index (χ0n) is 26.5. The lowest BCUT2D eigenvalue weighted by Crippen LogP contribution is -2.53. The number of ether oxygens (including phenoxy) is 1. The molecule has 1 aromatic carbocycles. The summed E-state index contributed by atoms with van der Waals surface area (Å²) < 4.78 is 5.66. The first-order chi connectivity index (χ1) is 18.4. The normalized spacial score (nSPS) is 37.9. The minimum atomic E-state index is 0.253. The smallest absolute Gasteiger partial charge is 0.145 e. The Hall–Kier alpha value is -1.38. The molecule has 3 nitrogen and oxygen atoms in total. The van der Waals surface area contributed by atoms with Crippen molar-refractivity contribution in [1.82, 2.24) is 0 Å². The molecular formula is C36H60N2O. The minimum Gasteiger partial charge on any atom is -0.494 e. The lowest BCUT2D eigenvalue weighted by molar-refractivity contribution is -0.114. The van der Waals surface area contributed by atoms with Crippen molar-refractivity contribution >= 4 is 11.4 Å². The summed E-state index contributed by atoms with van der Waals surface area (Å²) in [7, 11) is 1.72. The molecule has 4 fully saturated rings. The van der Waals surface area contributed by atoms with Gasteiger partial charge in [0.15, 0.2) is 0 Å². The maximum atomic E-state index is 6.23. The third-order valence-corrected chi connectivity index (χ3v) is 13.9. The van der Waals surface area contributed by atoms with Crippen LogP contribution in [0.1, 0.15) is 124 Å². The highest BCUT2D eigenvalue weighted by molar-refractivity contribution is 5.64. The molecule has 2 unspecified atom stereocenters. The second-order valence-electron chi connectivity index (χ2n) is 16.0. The maximum absolute atomic E-state index is 6.23. The molecule has 4 N–H and O–H groups in total. The largest absolute Gasteiger partial charge is 0.494 e. The average Bonchev–Trinajstić information content (AvgIpc) is 3.24. The van der Waals surface area contributed by atoms with Crippen LogP contribution < -0.4 is 16.2 Å². The third-order valence-electron chi connectivity index (χ3n) is 13.9. The zero-order valence-corrected chi connectivity index (χ0v) is 26.5. The number of rotatable bonds is 8.